The van der Waals surface area contributed by atoms with Crippen molar-refractivity contribution >= 4 is 29.1 Å². The van der Waals surface area contributed by atoms with Gasteiger partial charge in [0.1, 0.15) is 5.02 Å². The predicted octanol–water partition coefficient (Wildman–Crippen LogP) is 2.54. The van der Waals surface area contributed by atoms with Crippen molar-refractivity contribution in [2.24, 2.45) is 0 Å². The lowest BCUT2D eigenvalue weighted by Gasteiger charge is -2.34. The Morgan fingerprint density at radius 3 is 2.96 bits per heavy atom. The standard InChI is InChI=1S/C16H18ClN5O/c1-2-12-13(4-3-7-18-12)20-11-5-8-22(9-6-11)14-10-19-21-16(23)15(14)17/h2-4,7,10-11,20H,1,5-6,8-9H2,(H,21,23). The zero-order chi connectivity index (χ0) is 16.2. The zero-order valence-corrected chi connectivity index (χ0v) is 13.4. The van der Waals surface area contributed by atoms with E-state index < -0.39 is 0 Å². The second-order valence-corrected chi connectivity index (χ2v) is 5.82. The zero-order valence-electron chi connectivity index (χ0n) is 12.6. The van der Waals surface area contributed by atoms with E-state index >= 15 is 0 Å². The Balaban J connectivity index is 1.66. The smallest absolute Gasteiger partial charge is 0.285 e. The van der Waals surface area contributed by atoms with Gasteiger partial charge in [-0.3, -0.25) is 9.78 Å². The molecular formula is C16H18ClN5O. The lowest BCUT2D eigenvalue weighted by atomic mass is 10.0. The van der Waals surface area contributed by atoms with Crippen molar-refractivity contribution in [3.8, 4) is 0 Å². The number of halogens is 1. The first-order chi connectivity index (χ1) is 11.2. The molecule has 0 saturated carbocycles. The van der Waals surface area contributed by atoms with Crippen LogP contribution in [0.1, 0.15) is 18.5 Å². The van der Waals surface area contributed by atoms with E-state index in [1.54, 1.807) is 18.5 Å². The molecule has 2 aromatic rings. The number of aromatic nitrogens is 3. The molecule has 0 spiro atoms. The van der Waals surface area contributed by atoms with Crippen molar-refractivity contribution in [1.82, 2.24) is 15.2 Å². The van der Waals surface area contributed by atoms with Gasteiger partial charge in [0.25, 0.3) is 5.56 Å². The monoisotopic (exact) mass is 331 g/mol. The highest BCUT2D eigenvalue weighted by molar-refractivity contribution is 6.32. The van der Waals surface area contributed by atoms with Gasteiger partial charge in [0.2, 0.25) is 0 Å². The van der Waals surface area contributed by atoms with Gasteiger partial charge in [-0.25, -0.2) is 5.10 Å². The minimum Gasteiger partial charge on any atom is -0.380 e. The Labute approximate surface area is 139 Å². The molecule has 2 N–H and O–H groups in total. The second kappa shape index (κ2) is 6.83. The van der Waals surface area contributed by atoms with Gasteiger partial charge in [-0.05, 0) is 31.1 Å². The number of hydrogen-bond donors (Lipinski definition) is 2. The summed E-state index contributed by atoms with van der Waals surface area (Å²) in [5, 5.41) is 9.89. The van der Waals surface area contributed by atoms with Crippen LogP contribution >= 0.6 is 11.6 Å². The highest BCUT2D eigenvalue weighted by Gasteiger charge is 2.22. The quantitative estimate of drug-likeness (QED) is 0.900. The lowest BCUT2D eigenvalue weighted by molar-refractivity contribution is 0.525. The van der Waals surface area contributed by atoms with Gasteiger partial charge in [-0.1, -0.05) is 18.2 Å². The summed E-state index contributed by atoms with van der Waals surface area (Å²) in [7, 11) is 0. The molecular weight excluding hydrogens is 314 g/mol. The van der Waals surface area contributed by atoms with Crippen LogP contribution in [0.3, 0.4) is 0 Å². The summed E-state index contributed by atoms with van der Waals surface area (Å²) in [6.45, 7) is 5.41. The summed E-state index contributed by atoms with van der Waals surface area (Å²) in [5.41, 5.74) is 2.20. The van der Waals surface area contributed by atoms with E-state index in [9.17, 15) is 4.79 Å². The van der Waals surface area contributed by atoms with Gasteiger partial charge in [0.15, 0.2) is 0 Å². The molecule has 120 valence electrons. The predicted molar refractivity (Wildman–Crippen MR) is 93.1 cm³/mol. The molecule has 1 saturated heterocycles. The summed E-state index contributed by atoms with van der Waals surface area (Å²) in [5.74, 6) is 0. The van der Waals surface area contributed by atoms with E-state index in [0.29, 0.717) is 11.7 Å². The fourth-order valence-electron chi connectivity index (χ4n) is 2.78. The molecule has 3 heterocycles. The molecule has 0 aromatic carbocycles. The van der Waals surface area contributed by atoms with E-state index in [-0.39, 0.29) is 10.6 Å². The number of hydrogen-bond acceptors (Lipinski definition) is 5. The van der Waals surface area contributed by atoms with E-state index in [1.807, 2.05) is 12.1 Å². The SMILES string of the molecule is C=Cc1ncccc1NC1CCN(c2cn[nH]c(=O)c2Cl)CC1. The molecule has 6 nitrogen and oxygen atoms in total. The number of pyridine rings is 1. The van der Waals surface area contributed by atoms with Gasteiger partial charge in [-0.2, -0.15) is 5.10 Å². The molecule has 1 fully saturated rings. The summed E-state index contributed by atoms with van der Waals surface area (Å²) in [4.78, 5) is 17.9. The summed E-state index contributed by atoms with van der Waals surface area (Å²) < 4.78 is 0. The number of nitrogens with one attached hydrogen (secondary N) is 2. The Hall–Kier alpha value is -2.34. The first-order valence-corrected chi connectivity index (χ1v) is 7.89. The molecule has 0 radical (unpaired) electrons. The summed E-state index contributed by atoms with van der Waals surface area (Å²) >= 11 is 6.07. The van der Waals surface area contributed by atoms with Crippen LogP contribution in [0.15, 0.2) is 35.9 Å². The molecule has 0 atom stereocenters. The number of H-pyrrole nitrogens is 1. The van der Waals surface area contributed by atoms with Gasteiger partial charge in [0, 0.05) is 25.3 Å². The maximum absolute atomic E-state index is 11.6. The van der Waals surface area contributed by atoms with Gasteiger partial charge >= 0.3 is 0 Å². The minimum atomic E-state index is -0.351. The maximum atomic E-state index is 11.6. The van der Waals surface area contributed by atoms with E-state index in [4.69, 9.17) is 11.6 Å². The van der Waals surface area contributed by atoms with Crippen LogP contribution in [0, 0.1) is 0 Å². The number of aromatic amines is 1. The van der Waals surface area contributed by atoms with Crippen molar-refractivity contribution < 1.29 is 0 Å². The lowest BCUT2D eigenvalue weighted by Crippen LogP contribution is -2.40. The van der Waals surface area contributed by atoms with Crippen molar-refractivity contribution in [3.63, 3.8) is 0 Å². The molecule has 0 unspecified atom stereocenters. The fraction of sp³-hybridized carbons (Fsp3) is 0.312. The van der Waals surface area contributed by atoms with Crippen molar-refractivity contribution in [3.05, 3.63) is 52.2 Å². The minimum absolute atomic E-state index is 0.201. The Kier molecular flexibility index (Phi) is 4.62. The van der Waals surface area contributed by atoms with Crippen LogP contribution in [0.4, 0.5) is 11.4 Å². The van der Waals surface area contributed by atoms with Gasteiger partial charge in [0.05, 0.1) is 23.3 Å². The third-order valence-electron chi connectivity index (χ3n) is 4.00. The Bertz CT molecular complexity index is 752. The first kappa shape index (κ1) is 15.6. The van der Waals surface area contributed by atoms with Crippen LogP contribution in [-0.2, 0) is 0 Å². The highest BCUT2D eigenvalue weighted by atomic mass is 35.5. The van der Waals surface area contributed by atoms with Crippen molar-refractivity contribution in [1.29, 1.82) is 0 Å². The number of rotatable bonds is 4. The van der Waals surface area contributed by atoms with Gasteiger partial charge in [-0.15, -0.1) is 0 Å². The van der Waals surface area contributed by atoms with Crippen LogP contribution in [0.2, 0.25) is 5.02 Å². The summed E-state index contributed by atoms with van der Waals surface area (Å²) in [6, 6.07) is 4.27. The topological polar surface area (TPSA) is 73.9 Å². The largest absolute Gasteiger partial charge is 0.380 e. The van der Waals surface area contributed by atoms with Crippen molar-refractivity contribution in [2.75, 3.05) is 23.3 Å². The van der Waals surface area contributed by atoms with Crippen LogP contribution in [0.5, 0.6) is 0 Å². The van der Waals surface area contributed by atoms with E-state index in [0.717, 1.165) is 37.3 Å². The molecule has 2 aromatic heterocycles. The first-order valence-electron chi connectivity index (χ1n) is 7.51. The number of anilines is 2. The Morgan fingerprint density at radius 2 is 2.22 bits per heavy atom. The average molecular weight is 332 g/mol. The van der Waals surface area contributed by atoms with Crippen molar-refractivity contribution in [2.45, 2.75) is 18.9 Å². The van der Waals surface area contributed by atoms with E-state index in [2.05, 4.69) is 32.0 Å². The third kappa shape index (κ3) is 3.37. The molecule has 0 amide bonds. The maximum Gasteiger partial charge on any atom is 0.285 e. The third-order valence-corrected chi connectivity index (χ3v) is 4.37. The molecule has 1 aliphatic rings. The number of piperidine rings is 1. The molecule has 3 rings (SSSR count). The normalized spacial score (nSPS) is 15.4. The van der Waals surface area contributed by atoms with Crippen LogP contribution in [-0.4, -0.2) is 34.3 Å². The number of nitrogens with zero attached hydrogens (tertiary/aromatic N) is 3. The molecule has 0 aliphatic carbocycles. The molecule has 7 heteroatoms. The van der Waals surface area contributed by atoms with Crippen LogP contribution in [0.25, 0.3) is 6.08 Å². The second-order valence-electron chi connectivity index (χ2n) is 5.44. The van der Waals surface area contributed by atoms with Gasteiger partial charge < -0.3 is 10.2 Å². The summed E-state index contributed by atoms with van der Waals surface area (Å²) in [6.07, 6.45) is 6.99. The highest BCUT2D eigenvalue weighted by Crippen LogP contribution is 2.26. The Morgan fingerprint density at radius 1 is 1.43 bits per heavy atom. The van der Waals surface area contributed by atoms with E-state index in [1.165, 1.54) is 0 Å². The molecule has 23 heavy (non-hydrogen) atoms. The molecule has 1 aliphatic heterocycles. The molecule has 0 bridgehead atoms. The fourth-order valence-corrected chi connectivity index (χ4v) is 2.99. The van der Waals surface area contributed by atoms with Crippen LogP contribution < -0.4 is 15.8 Å². The average Bonchev–Trinajstić information content (AvgIpc) is 2.59.